The van der Waals surface area contributed by atoms with Crippen molar-refractivity contribution in [2.75, 3.05) is 7.05 Å². The number of sulfonamides is 1. The van der Waals surface area contributed by atoms with Crippen molar-refractivity contribution in [1.29, 1.82) is 0 Å². The van der Waals surface area contributed by atoms with Crippen LogP contribution in [0.25, 0.3) is 11.0 Å². The highest BCUT2D eigenvalue weighted by Gasteiger charge is 2.14. The van der Waals surface area contributed by atoms with Gasteiger partial charge in [-0.15, -0.1) is 0 Å². The van der Waals surface area contributed by atoms with E-state index in [1.807, 2.05) is 0 Å². The summed E-state index contributed by atoms with van der Waals surface area (Å²) in [6.45, 7) is 0.170. The van der Waals surface area contributed by atoms with Gasteiger partial charge in [-0.05, 0) is 49.0 Å². The van der Waals surface area contributed by atoms with E-state index in [9.17, 15) is 13.2 Å². The number of hydrogen-bond donors (Lipinski definition) is 2. The van der Waals surface area contributed by atoms with Crippen molar-refractivity contribution in [2.45, 2.75) is 11.4 Å². The van der Waals surface area contributed by atoms with Crippen molar-refractivity contribution >= 4 is 38.5 Å². The summed E-state index contributed by atoms with van der Waals surface area (Å²) in [6.07, 6.45) is 0. The summed E-state index contributed by atoms with van der Waals surface area (Å²) in [5, 5.41) is 4.00. The summed E-state index contributed by atoms with van der Waals surface area (Å²) in [5.41, 5.74) is 1.22. The van der Waals surface area contributed by atoms with Gasteiger partial charge in [0, 0.05) is 17.0 Å². The Hall–Kier alpha value is -2.35. The molecular weight excluding hydrogens is 364 g/mol. The molecule has 0 radical (unpaired) electrons. The maximum absolute atomic E-state index is 12.2. The first-order chi connectivity index (χ1) is 11.9. The lowest BCUT2D eigenvalue weighted by Gasteiger charge is -2.06. The molecule has 0 saturated heterocycles. The second-order valence-electron chi connectivity index (χ2n) is 5.33. The molecule has 2 N–H and O–H groups in total. The minimum absolute atomic E-state index is 0.139. The molecule has 130 valence electrons. The molecule has 1 heterocycles. The third-order valence-electron chi connectivity index (χ3n) is 3.63. The lowest BCUT2D eigenvalue weighted by atomic mass is 10.2. The molecular formula is C17H15ClN2O4S. The monoisotopic (exact) mass is 378 g/mol. The first kappa shape index (κ1) is 17.5. The summed E-state index contributed by atoms with van der Waals surface area (Å²) in [6, 6.07) is 13.0. The number of halogens is 1. The Balaban J connectivity index is 1.74. The fourth-order valence-corrected chi connectivity index (χ4v) is 3.32. The molecule has 0 atom stereocenters. The Kier molecular flexibility index (Phi) is 4.80. The van der Waals surface area contributed by atoms with Gasteiger partial charge in [0.1, 0.15) is 5.58 Å². The highest BCUT2D eigenvalue weighted by Crippen LogP contribution is 2.23. The van der Waals surface area contributed by atoms with Crippen LogP contribution >= 0.6 is 11.6 Å². The fraction of sp³-hybridized carbons (Fsp3) is 0.118. The van der Waals surface area contributed by atoms with E-state index in [1.54, 1.807) is 36.4 Å². The molecule has 0 bridgehead atoms. The predicted molar refractivity (Wildman–Crippen MR) is 95.1 cm³/mol. The maximum atomic E-state index is 12.2. The van der Waals surface area contributed by atoms with Crippen LogP contribution in [0.1, 0.15) is 16.1 Å². The number of furan rings is 1. The average molecular weight is 379 g/mol. The van der Waals surface area contributed by atoms with Gasteiger partial charge in [0.05, 0.1) is 4.90 Å². The third-order valence-corrected chi connectivity index (χ3v) is 5.28. The Morgan fingerprint density at radius 2 is 1.96 bits per heavy atom. The Bertz CT molecular complexity index is 1040. The lowest BCUT2D eigenvalue weighted by Crippen LogP contribution is -2.23. The average Bonchev–Trinajstić information content (AvgIpc) is 3.03. The van der Waals surface area contributed by atoms with E-state index < -0.39 is 15.9 Å². The van der Waals surface area contributed by atoms with E-state index in [2.05, 4.69) is 10.0 Å². The van der Waals surface area contributed by atoms with Gasteiger partial charge in [0.25, 0.3) is 5.91 Å². The van der Waals surface area contributed by atoms with E-state index in [1.165, 1.54) is 19.2 Å². The largest absolute Gasteiger partial charge is 0.451 e. The smallest absolute Gasteiger partial charge is 0.287 e. The van der Waals surface area contributed by atoms with Crippen LogP contribution in [-0.2, 0) is 16.6 Å². The minimum atomic E-state index is -3.53. The van der Waals surface area contributed by atoms with E-state index in [4.69, 9.17) is 16.0 Å². The third kappa shape index (κ3) is 3.84. The first-order valence-corrected chi connectivity index (χ1v) is 9.25. The van der Waals surface area contributed by atoms with Crippen molar-refractivity contribution < 1.29 is 17.6 Å². The van der Waals surface area contributed by atoms with Crippen LogP contribution < -0.4 is 10.0 Å². The van der Waals surface area contributed by atoms with E-state index in [0.717, 1.165) is 5.39 Å². The number of carbonyl (C=O) groups excluding carboxylic acids is 1. The van der Waals surface area contributed by atoms with Gasteiger partial charge < -0.3 is 9.73 Å². The molecule has 0 unspecified atom stereocenters. The second-order valence-corrected chi connectivity index (χ2v) is 7.65. The fourth-order valence-electron chi connectivity index (χ4n) is 2.34. The maximum Gasteiger partial charge on any atom is 0.287 e. The van der Waals surface area contributed by atoms with E-state index in [0.29, 0.717) is 16.2 Å². The number of nitrogens with one attached hydrogen (secondary N) is 2. The quantitative estimate of drug-likeness (QED) is 0.714. The molecule has 3 aromatic rings. The summed E-state index contributed by atoms with van der Waals surface area (Å²) in [7, 11) is -2.18. The zero-order valence-electron chi connectivity index (χ0n) is 13.2. The molecule has 1 aromatic heterocycles. The molecule has 1 amide bonds. The van der Waals surface area contributed by atoms with Crippen LogP contribution in [0.3, 0.4) is 0 Å². The zero-order valence-corrected chi connectivity index (χ0v) is 14.8. The Labute approximate surface area is 149 Å². The van der Waals surface area contributed by atoms with Crippen molar-refractivity contribution in [1.82, 2.24) is 10.0 Å². The Morgan fingerprint density at radius 3 is 2.72 bits per heavy atom. The summed E-state index contributed by atoms with van der Waals surface area (Å²) in [4.78, 5) is 12.4. The topological polar surface area (TPSA) is 88.4 Å². The summed E-state index contributed by atoms with van der Waals surface area (Å²) in [5.74, 6) is -0.231. The standard InChI is InChI=1S/C17H15ClN2O4S/c1-19-25(22,23)14-4-2-3-11(7-14)10-20-17(21)16-9-12-8-13(18)5-6-15(12)24-16/h2-9,19H,10H2,1H3,(H,20,21). The lowest BCUT2D eigenvalue weighted by molar-refractivity contribution is 0.0925. The van der Waals surface area contributed by atoms with Crippen LogP contribution in [0, 0.1) is 0 Å². The number of hydrogen-bond acceptors (Lipinski definition) is 4. The molecule has 6 nitrogen and oxygen atoms in total. The van der Waals surface area contributed by atoms with E-state index >= 15 is 0 Å². The van der Waals surface area contributed by atoms with Crippen molar-refractivity contribution in [3.05, 3.63) is 64.9 Å². The van der Waals surface area contributed by atoms with Gasteiger partial charge in [0.15, 0.2) is 5.76 Å². The summed E-state index contributed by atoms with van der Waals surface area (Å²) >= 11 is 5.92. The first-order valence-electron chi connectivity index (χ1n) is 7.39. The van der Waals surface area contributed by atoms with Gasteiger partial charge in [-0.25, -0.2) is 13.1 Å². The Morgan fingerprint density at radius 1 is 1.16 bits per heavy atom. The molecule has 0 spiro atoms. The SMILES string of the molecule is CNS(=O)(=O)c1cccc(CNC(=O)c2cc3cc(Cl)ccc3o2)c1. The molecule has 0 aliphatic rings. The molecule has 3 rings (SSSR count). The highest BCUT2D eigenvalue weighted by atomic mass is 35.5. The van der Waals surface area contributed by atoms with Crippen molar-refractivity contribution in [3.63, 3.8) is 0 Å². The minimum Gasteiger partial charge on any atom is -0.451 e. The zero-order chi connectivity index (χ0) is 18.0. The van der Waals surface area contributed by atoms with Gasteiger partial charge in [-0.1, -0.05) is 23.7 Å². The molecule has 8 heteroatoms. The van der Waals surface area contributed by atoms with Crippen LogP contribution in [0.2, 0.25) is 5.02 Å². The van der Waals surface area contributed by atoms with Crippen LogP contribution in [0.4, 0.5) is 0 Å². The number of fused-ring (bicyclic) bond motifs is 1. The molecule has 0 aliphatic heterocycles. The number of carbonyl (C=O) groups is 1. The predicted octanol–water partition coefficient (Wildman–Crippen LogP) is 2.92. The van der Waals surface area contributed by atoms with Crippen LogP contribution in [-0.4, -0.2) is 21.4 Å². The van der Waals surface area contributed by atoms with Gasteiger partial charge in [-0.2, -0.15) is 0 Å². The van der Waals surface area contributed by atoms with Gasteiger partial charge >= 0.3 is 0 Å². The molecule has 0 saturated carbocycles. The second kappa shape index (κ2) is 6.87. The number of benzene rings is 2. The highest BCUT2D eigenvalue weighted by molar-refractivity contribution is 7.89. The van der Waals surface area contributed by atoms with Crippen molar-refractivity contribution in [3.8, 4) is 0 Å². The molecule has 0 fully saturated rings. The molecule has 2 aromatic carbocycles. The number of rotatable bonds is 5. The van der Waals surface area contributed by atoms with Crippen LogP contribution in [0.15, 0.2) is 57.8 Å². The molecule has 0 aliphatic carbocycles. The normalized spacial score (nSPS) is 11.6. The van der Waals surface area contributed by atoms with Gasteiger partial charge in [-0.3, -0.25) is 4.79 Å². The molecule has 25 heavy (non-hydrogen) atoms. The number of amides is 1. The van der Waals surface area contributed by atoms with Gasteiger partial charge in [0.2, 0.25) is 10.0 Å². The van der Waals surface area contributed by atoms with Crippen LogP contribution in [0.5, 0.6) is 0 Å². The van der Waals surface area contributed by atoms with Crippen molar-refractivity contribution in [2.24, 2.45) is 0 Å². The summed E-state index contributed by atoms with van der Waals surface area (Å²) < 4.78 is 31.4. The van der Waals surface area contributed by atoms with E-state index in [-0.39, 0.29) is 17.2 Å².